The second kappa shape index (κ2) is 5.57. The summed E-state index contributed by atoms with van der Waals surface area (Å²) < 4.78 is 1.67. The van der Waals surface area contributed by atoms with Gasteiger partial charge in [-0.3, -0.25) is 0 Å². The molecule has 4 aromatic rings. The van der Waals surface area contributed by atoms with Gasteiger partial charge in [-0.25, -0.2) is 4.98 Å². The first-order valence-corrected chi connectivity index (χ1v) is 7.53. The summed E-state index contributed by atoms with van der Waals surface area (Å²) in [6.07, 6.45) is 2.60. The number of fused-ring (bicyclic) bond motifs is 1. The smallest absolute Gasteiger partial charge is 0.157 e. The van der Waals surface area contributed by atoms with Crippen LogP contribution >= 0.6 is 0 Å². The number of rotatable bonds is 3. The lowest BCUT2D eigenvalue weighted by Gasteiger charge is -2.04. The molecule has 2 heterocycles. The van der Waals surface area contributed by atoms with Gasteiger partial charge in [0.15, 0.2) is 5.65 Å². The van der Waals surface area contributed by atoms with Gasteiger partial charge >= 0.3 is 0 Å². The van der Waals surface area contributed by atoms with Crippen LogP contribution in [0.1, 0.15) is 11.1 Å². The minimum Gasteiger partial charge on any atom is -0.384 e. The Morgan fingerprint density at radius 2 is 1.70 bits per heavy atom. The minimum atomic E-state index is 0.585. The normalized spacial score (nSPS) is 11.0. The van der Waals surface area contributed by atoms with Crippen LogP contribution in [-0.2, 0) is 6.42 Å². The molecule has 0 radical (unpaired) electrons. The van der Waals surface area contributed by atoms with Crippen molar-refractivity contribution < 1.29 is 0 Å². The molecule has 0 aliphatic heterocycles. The third kappa shape index (κ3) is 2.66. The molecular formula is C19H16N4. The summed E-state index contributed by atoms with van der Waals surface area (Å²) in [4.78, 5) is 4.30. The second-order valence-corrected chi connectivity index (χ2v) is 5.53. The van der Waals surface area contributed by atoms with Crippen molar-refractivity contribution in [1.29, 1.82) is 0 Å². The number of hydrogen-bond acceptors (Lipinski definition) is 3. The molecule has 0 fully saturated rings. The maximum Gasteiger partial charge on any atom is 0.157 e. The van der Waals surface area contributed by atoms with Crippen LogP contribution in [0.15, 0.2) is 72.9 Å². The van der Waals surface area contributed by atoms with E-state index < -0.39 is 0 Å². The van der Waals surface area contributed by atoms with E-state index in [1.807, 2.05) is 12.1 Å². The predicted molar refractivity (Wildman–Crippen MR) is 92.1 cm³/mol. The van der Waals surface area contributed by atoms with E-state index in [0.29, 0.717) is 5.82 Å². The van der Waals surface area contributed by atoms with Crippen LogP contribution in [0, 0.1) is 0 Å². The Morgan fingerprint density at radius 1 is 0.870 bits per heavy atom. The standard InChI is InChI=1S/C19H16N4/c20-18-9-10-21-19-13-17(22-23(18)19)16-8-4-7-15(12-16)11-14-5-2-1-3-6-14/h1-10,12-13H,11,20H2. The quantitative estimate of drug-likeness (QED) is 0.629. The topological polar surface area (TPSA) is 56.2 Å². The fraction of sp³-hybridized carbons (Fsp3) is 0.0526. The van der Waals surface area contributed by atoms with Crippen molar-refractivity contribution in [3.63, 3.8) is 0 Å². The molecule has 0 atom stereocenters. The molecule has 2 N–H and O–H groups in total. The summed E-state index contributed by atoms with van der Waals surface area (Å²) in [5.41, 5.74) is 11.2. The van der Waals surface area contributed by atoms with E-state index in [9.17, 15) is 0 Å². The Labute approximate surface area is 134 Å². The van der Waals surface area contributed by atoms with Gasteiger partial charge in [0.05, 0.1) is 5.69 Å². The highest BCUT2D eigenvalue weighted by molar-refractivity contribution is 5.65. The van der Waals surface area contributed by atoms with Crippen LogP contribution in [0.4, 0.5) is 5.82 Å². The summed E-state index contributed by atoms with van der Waals surface area (Å²) in [5, 5.41) is 4.56. The van der Waals surface area contributed by atoms with Gasteiger partial charge < -0.3 is 5.73 Å². The highest BCUT2D eigenvalue weighted by atomic mass is 15.3. The van der Waals surface area contributed by atoms with Crippen molar-refractivity contribution >= 4 is 11.5 Å². The van der Waals surface area contributed by atoms with Gasteiger partial charge in [-0.05, 0) is 29.7 Å². The zero-order chi connectivity index (χ0) is 15.6. The second-order valence-electron chi connectivity index (χ2n) is 5.53. The van der Waals surface area contributed by atoms with Crippen LogP contribution in [0.3, 0.4) is 0 Å². The Morgan fingerprint density at radius 3 is 2.52 bits per heavy atom. The summed E-state index contributed by atoms with van der Waals surface area (Å²) in [5.74, 6) is 0.585. The number of hydrogen-bond donors (Lipinski definition) is 1. The zero-order valence-electron chi connectivity index (χ0n) is 12.6. The predicted octanol–water partition coefficient (Wildman–Crippen LogP) is 3.57. The van der Waals surface area contributed by atoms with Crippen molar-refractivity contribution in [2.45, 2.75) is 6.42 Å². The zero-order valence-corrected chi connectivity index (χ0v) is 12.6. The fourth-order valence-corrected chi connectivity index (χ4v) is 2.73. The summed E-state index contributed by atoms with van der Waals surface area (Å²) in [6.45, 7) is 0. The Hall–Kier alpha value is -3.14. The Kier molecular flexibility index (Phi) is 3.27. The van der Waals surface area contributed by atoms with Crippen molar-refractivity contribution in [2.75, 3.05) is 5.73 Å². The molecule has 0 unspecified atom stereocenters. The molecule has 0 amide bonds. The monoisotopic (exact) mass is 300 g/mol. The van der Waals surface area contributed by atoms with Crippen LogP contribution in [-0.4, -0.2) is 14.6 Å². The van der Waals surface area contributed by atoms with Gasteiger partial charge in [-0.2, -0.15) is 9.61 Å². The summed E-state index contributed by atoms with van der Waals surface area (Å²) in [6, 6.07) is 22.6. The van der Waals surface area contributed by atoms with Crippen LogP contribution in [0.25, 0.3) is 16.9 Å². The van der Waals surface area contributed by atoms with Crippen molar-refractivity contribution in [3.8, 4) is 11.3 Å². The Balaban J connectivity index is 1.71. The molecular weight excluding hydrogens is 284 g/mol. The lowest BCUT2D eigenvalue weighted by Crippen LogP contribution is -1.98. The molecule has 4 heteroatoms. The number of nitrogen functional groups attached to an aromatic ring is 1. The van der Waals surface area contributed by atoms with E-state index in [4.69, 9.17) is 5.73 Å². The van der Waals surface area contributed by atoms with Crippen LogP contribution in [0.2, 0.25) is 0 Å². The van der Waals surface area contributed by atoms with Gasteiger partial charge in [0, 0.05) is 17.8 Å². The van der Waals surface area contributed by atoms with Crippen molar-refractivity contribution in [2.24, 2.45) is 0 Å². The molecule has 4 rings (SSSR count). The first-order valence-electron chi connectivity index (χ1n) is 7.53. The van der Waals surface area contributed by atoms with Crippen molar-refractivity contribution in [3.05, 3.63) is 84.1 Å². The number of benzene rings is 2. The van der Waals surface area contributed by atoms with E-state index in [0.717, 1.165) is 23.3 Å². The highest BCUT2D eigenvalue weighted by Crippen LogP contribution is 2.22. The maximum absolute atomic E-state index is 5.94. The minimum absolute atomic E-state index is 0.585. The molecule has 0 saturated carbocycles. The number of anilines is 1. The fourth-order valence-electron chi connectivity index (χ4n) is 2.73. The average Bonchev–Trinajstić information content (AvgIpc) is 3.02. The molecule has 112 valence electrons. The van der Waals surface area contributed by atoms with Crippen LogP contribution < -0.4 is 5.73 Å². The molecule has 0 spiro atoms. The first kappa shape index (κ1) is 13.5. The molecule has 4 nitrogen and oxygen atoms in total. The third-order valence-electron chi connectivity index (χ3n) is 3.86. The largest absolute Gasteiger partial charge is 0.384 e. The van der Waals surface area contributed by atoms with Gasteiger partial charge in [0.2, 0.25) is 0 Å². The maximum atomic E-state index is 5.94. The van der Waals surface area contributed by atoms with Gasteiger partial charge in [-0.15, -0.1) is 0 Å². The van der Waals surface area contributed by atoms with E-state index in [1.165, 1.54) is 11.1 Å². The van der Waals surface area contributed by atoms with E-state index in [1.54, 1.807) is 16.8 Å². The molecule has 0 bridgehead atoms. The molecule has 0 saturated heterocycles. The Bertz CT molecular complexity index is 957. The number of aromatic nitrogens is 3. The summed E-state index contributed by atoms with van der Waals surface area (Å²) >= 11 is 0. The highest BCUT2D eigenvalue weighted by Gasteiger charge is 2.07. The summed E-state index contributed by atoms with van der Waals surface area (Å²) in [7, 11) is 0. The molecule has 0 aliphatic rings. The van der Waals surface area contributed by atoms with E-state index in [2.05, 4.69) is 58.6 Å². The SMILES string of the molecule is Nc1ccnc2cc(-c3cccc(Cc4ccccc4)c3)nn12. The molecule has 2 aromatic carbocycles. The average molecular weight is 300 g/mol. The lowest BCUT2D eigenvalue weighted by atomic mass is 10.0. The van der Waals surface area contributed by atoms with E-state index >= 15 is 0 Å². The van der Waals surface area contributed by atoms with Crippen molar-refractivity contribution in [1.82, 2.24) is 14.6 Å². The lowest BCUT2D eigenvalue weighted by molar-refractivity contribution is 0.956. The molecule has 0 aliphatic carbocycles. The van der Waals surface area contributed by atoms with Gasteiger partial charge in [0.25, 0.3) is 0 Å². The van der Waals surface area contributed by atoms with E-state index in [-0.39, 0.29) is 0 Å². The molecule has 2 aromatic heterocycles. The van der Waals surface area contributed by atoms with Crippen LogP contribution in [0.5, 0.6) is 0 Å². The first-order chi connectivity index (χ1) is 11.3. The number of nitrogens with two attached hydrogens (primary N) is 1. The third-order valence-corrected chi connectivity index (χ3v) is 3.86. The molecule has 23 heavy (non-hydrogen) atoms. The van der Waals surface area contributed by atoms with Gasteiger partial charge in [-0.1, -0.05) is 48.5 Å². The number of nitrogens with zero attached hydrogens (tertiary/aromatic N) is 3. The van der Waals surface area contributed by atoms with Gasteiger partial charge in [0.1, 0.15) is 5.82 Å².